The second-order valence-electron chi connectivity index (χ2n) is 2.32. The second-order valence-corrected chi connectivity index (χ2v) is 3.08. The zero-order valence-electron chi connectivity index (χ0n) is 6.38. The molecule has 1 rings (SSSR count). The number of aromatic nitrogens is 1. The average Bonchev–Trinajstić information content (AvgIpc) is 1.96. The van der Waals surface area contributed by atoms with E-state index >= 15 is 0 Å². The lowest BCUT2D eigenvalue weighted by Gasteiger charge is -2.05. The summed E-state index contributed by atoms with van der Waals surface area (Å²) >= 11 is 11.3. The van der Waals surface area contributed by atoms with E-state index in [0.29, 0.717) is 10.7 Å². The molecule has 1 heterocycles. The van der Waals surface area contributed by atoms with Gasteiger partial charge in [0, 0.05) is 5.69 Å². The summed E-state index contributed by atoms with van der Waals surface area (Å²) in [4.78, 5) is 3.79. The van der Waals surface area contributed by atoms with E-state index in [1.54, 1.807) is 12.9 Å². The third kappa shape index (κ3) is 2.55. The third-order valence-corrected chi connectivity index (χ3v) is 1.86. The molecule has 0 atom stereocenters. The molecule has 0 unspecified atom stereocenters. The van der Waals surface area contributed by atoms with Gasteiger partial charge in [-0.2, -0.15) is 0 Å². The van der Waals surface area contributed by atoms with Crippen LogP contribution in [0.4, 0.5) is 5.69 Å². The molecule has 0 aromatic carbocycles. The van der Waals surface area contributed by atoms with Crippen LogP contribution in [0, 0.1) is 0 Å². The molecule has 0 aliphatic heterocycles. The fourth-order valence-corrected chi connectivity index (χ4v) is 1.01. The van der Waals surface area contributed by atoms with Gasteiger partial charge in [0.2, 0.25) is 0 Å². The van der Waals surface area contributed by atoms with Crippen molar-refractivity contribution in [2.45, 2.75) is 6.82 Å². The number of hydrogen-bond acceptors (Lipinski definition) is 3. The van der Waals surface area contributed by atoms with Crippen LogP contribution in [-0.2, 0) is 0 Å². The standard InChI is InChI=1S/C6H7BCl2N2O/c1-7(12)11-4-2-5(8)6(9)10-3-4/h2-3,11-12H,1H3. The van der Waals surface area contributed by atoms with Crippen LogP contribution in [0.15, 0.2) is 12.3 Å². The number of nitrogens with one attached hydrogen (secondary N) is 1. The van der Waals surface area contributed by atoms with Gasteiger partial charge >= 0.3 is 7.05 Å². The van der Waals surface area contributed by atoms with E-state index in [2.05, 4.69) is 10.2 Å². The molecule has 0 bridgehead atoms. The minimum atomic E-state index is -0.635. The zero-order chi connectivity index (χ0) is 9.14. The second kappa shape index (κ2) is 3.98. The van der Waals surface area contributed by atoms with Crippen molar-refractivity contribution in [3.63, 3.8) is 0 Å². The minimum Gasteiger partial charge on any atom is -0.433 e. The van der Waals surface area contributed by atoms with Gasteiger partial charge in [-0.1, -0.05) is 23.2 Å². The number of rotatable bonds is 2. The summed E-state index contributed by atoms with van der Waals surface area (Å²) in [6.45, 7) is 1.60. The molecular weight excluding hydrogens is 198 g/mol. The van der Waals surface area contributed by atoms with Gasteiger partial charge in [0.15, 0.2) is 0 Å². The minimum absolute atomic E-state index is 0.257. The van der Waals surface area contributed by atoms with E-state index in [1.165, 1.54) is 6.20 Å². The van der Waals surface area contributed by atoms with Crippen LogP contribution < -0.4 is 5.23 Å². The first-order valence-electron chi connectivity index (χ1n) is 3.35. The molecule has 12 heavy (non-hydrogen) atoms. The van der Waals surface area contributed by atoms with Gasteiger partial charge in [0.05, 0.1) is 11.2 Å². The van der Waals surface area contributed by atoms with Crippen LogP contribution in [-0.4, -0.2) is 17.1 Å². The molecular formula is C6H7BCl2N2O. The summed E-state index contributed by atoms with van der Waals surface area (Å²) < 4.78 is 0. The molecule has 0 saturated carbocycles. The van der Waals surface area contributed by atoms with Gasteiger partial charge in [-0.3, -0.25) is 0 Å². The predicted octanol–water partition coefficient (Wildman–Crippen LogP) is 1.91. The molecule has 6 heteroatoms. The van der Waals surface area contributed by atoms with E-state index in [0.717, 1.165) is 0 Å². The average molecular weight is 205 g/mol. The smallest absolute Gasteiger partial charge is 0.406 e. The molecule has 0 saturated heterocycles. The topological polar surface area (TPSA) is 45.1 Å². The maximum Gasteiger partial charge on any atom is 0.406 e. The van der Waals surface area contributed by atoms with Crippen LogP contribution in [0.25, 0.3) is 0 Å². The molecule has 1 aromatic rings. The molecule has 1 aromatic heterocycles. The summed E-state index contributed by atoms with van der Waals surface area (Å²) in [7, 11) is -0.635. The van der Waals surface area contributed by atoms with Crippen LogP contribution in [0.5, 0.6) is 0 Å². The highest BCUT2D eigenvalue weighted by molar-refractivity contribution is 6.52. The Hall–Kier alpha value is -0.445. The summed E-state index contributed by atoms with van der Waals surface area (Å²) in [6.07, 6.45) is 1.50. The van der Waals surface area contributed by atoms with Crippen LogP contribution >= 0.6 is 23.2 Å². The fraction of sp³-hybridized carbons (Fsp3) is 0.167. The van der Waals surface area contributed by atoms with E-state index in [1.807, 2.05) is 0 Å². The molecule has 64 valence electrons. The third-order valence-electron chi connectivity index (χ3n) is 1.17. The maximum atomic E-state index is 8.95. The quantitative estimate of drug-likeness (QED) is 0.572. The molecule has 2 N–H and O–H groups in total. The fourth-order valence-electron chi connectivity index (χ4n) is 0.741. The first-order valence-corrected chi connectivity index (χ1v) is 4.11. The van der Waals surface area contributed by atoms with Crippen LogP contribution in [0.1, 0.15) is 0 Å². The summed E-state index contributed by atoms with van der Waals surface area (Å²) in [6, 6.07) is 1.60. The van der Waals surface area contributed by atoms with Crippen LogP contribution in [0.3, 0.4) is 0 Å². The highest BCUT2D eigenvalue weighted by Gasteiger charge is 2.05. The number of halogens is 2. The van der Waals surface area contributed by atoms with Gasteiger partial charge in [-0.15, -0.1) is 0 Å². The van der Waals surface area contributed by atoms with Crippen molar-refractivity contribution in [2.75, 3.05) is 5.23 Å². The van der Waals surface area contributed by atoms with Crippen molar-refractivity contribution in [1.29, 1.82) is 0 Å². The number of pyridine rings is 1. The Morgan fingerprint density at radius 2 is 2.25 bits per heavy atom. The molecule has 0 amide bonds. The number of hydrogen-bond donors (Lipinski definition) is 2. The Bertz CT molecular complexity index is 282. The van der Waals surface area contributed by atoms with E-state index in [9.17, 15) is 0 Å². The van der Waals surface area contributed by atoms with E-state index < -0.39 is 7.05 Å². The predicted molar refractivity (Wildman–Crippen MR) is 51.7 cm³/mol. The Morgan fingerprint density at radius 1 is 1.58 bits per heavy atom. The van der Waals surface area contributed by atoms with Crippen molar-refractivity contribution in [3.05, 3.63) is 22.4 Å². The summed E-state index contributed by atoms with van der Waals surface area (Å²) in [5.74, 6) is 0. The van der Waals surface area contributed by atoms with Crippen molar-refractivity contribution < 1.29 is 5.02 Å². The van der Waals surface area contributed by atoms with Gasteiger partial charge in [-0.05, 0) is 12.9 Å². The van der Waals surface area contributed by atoms with Crippen molar-refractivity contribution in [1.82, 2.24) is 4.98 Å². The lowest BCUT2D eigenvalue weighted by Crippen LogP contribution is -2.19. The monoisotopic (exact) mass is 204 g/mol. The van der Waals surface area contributed by atoms with Gasteiger partial charge in [-0.25, -0.2) is 4.98 Å². The summed E-state index contributed by atoms with van der Waals surface area (Å²) in [5, 5.41) is 12.3. The zero-order valence-corrected chi connectivity index (χ0v) is 7.89. The van der Waals surface area contributed by atoms with Crippen LogP contribution in [0.2, 0.25) is 17.0 Å². The van der Waals surface area contributed by atoms with Gasteiger partial charge in [0.25, 0.3) is 0 Å². The Kier molecular flexibility index (Phi) is 3.20. The molecule has 3 nitrogen and oxygen atoms in total. The van der Waals surface area contributed by atoms with E-state index in [-0.39, 0.29) is 5.15 Å². The first kappa shape index (κ1) is 9.64. The van der Waals surface area contributed by atoms with Crippen molar-refractivity contribution in [2.24, 2.45) is 0 Å². The largest absolute Gasteiger partial charge is 0.433 e. The van der Waals surface area contributed by atoms with Gasteiger partial charge in [0.1, 0.15) is 5.15 Å². The Labute approximate surface area is 80.8 Å². The molecule has 0 aliphatic rings. The van der Waals surface area contributed by atoms with Crippen molar-refractivity contribution >= 4 is 35.9 Å². The first-order chi connectivity index (χ1) is 5.59. The molecule has 0 radical (unpaired) electrons. The van der Waals surface area contributed by atoms with Crippen molar-refractivity contribution in [3.8, 4) is 0 Å². The molecule has 0 aliphatic carbocycles. The number of nitrogens with zero attached hydrogens (tertiary/aromatic N) is 1. The highest BCUT2D eigenvalue weighted by atomic mass is 35.5. The normalized spacial score (nSPS) is 9.67. The van der Waals surface area contributed by atoms with E-state index in [4.69, 9.17) is 28.2 Å². The molecule has 0 fully saturated rings. The van der Waals surface area contributed by atoms with Gasteiger partial charge < -0.3 is 10.3 Å². The Balaban J connectivity index is 2.82. The lowest BCUT2D eigenvalue weighted by molar-refractivity contribution is 0.587. The SMILES string of the molecule is CB(O)Nc1cnc(Cl)c(Cl)c1. The molecule has 0 spiro atoms. The highest BCUT2D eigenvalue weighted by Crippen LogP contribution is 2.21. The summed E-state index contributed by atoms with van der Waals surface area (Å²) in [5.41, 5.74) is 0.638. The lowest BCUT2D eigenvalue weighted by atomic mass is 9.88. The number of anilines is 1. The Morgan fingerprint density at radius 3 is 2.75 bits per heavy atom. The maximum absolute atomic E-state index is 8.95.